The molecule has 0 heterocycles. The van der Waals surface area contributed by atoms with Crippen LogP contribution in [0.1, 0.15) is 81.6 Å². The van der Waals surface area contributed by atoms with Gasteiger partial charge in [0.05, 0.1) is 5.60 Å². The fourth-order valence-corrected chi connectivity index (χ4v) is 5.40. The summed E-state index contributed by atoms with van der Waals surface area (Å²) >= 11 is 0. The molecule has 2 aliphatic carbocycles. The molecule has 0 aliphatic heterocycles. The van der Waals surface area contributed by atoms with E-state index in [1.54, 1.807) is 0 Å². The van der Waals surface area contributed by atoms with Gasteiger partial charge in [-0.2, -0.15) is 0 Å². The molecule has 0 radical (unpaired) electrons. The summed E-state index contributed by atoms with van der Waals surface area (Å²) in [5, 5.41) is 11.7. The van der Waals surface area contributed by atoms with Gasteiger partial charge in [0.1, 0.15) is 6.10 Å². The summed E-state index contributed by atoms with van der Waals surface area (Å²) < 4.78 is 5.51. The fraction of sp³-hybridized carbons (Fsp3) is 0.840. The van der Waals surface area contributed by atoms with Crippen molar-refractivity contribution in [1.29, 1.82) is 0 Å². The number of fused-ring (bicyclic) bond motifs is 1. The van der Waals surface area contributed by atoms with Crippen LogP contribution in [-0.4, -0.2) is 46.2 Å². The van der Waals surface area contributed by atoms with Crippen molar-refractivity contribution in [2.75, 3.05) is 6.54 Å². The Kier molecular flexibility index (Phi) is 7.49. The van der Waals surface area contributed by atoms with Crippen molar-refractivity contribution < 1.29 is 19.4 Å². The molecule has 0 spiro atoms. The minimum Gasteiger partial charge on any atom is -0.458 e. The van der Waals surface area contributed by atoms with Gasteiger partial charge in [-0.1, -0.05) is 40.7 Å². The Labute approximate surface area is 183 Å². The number of ether oxygens (including phenoxy) is 1. The zero-order valence-electron chi connectivity index (χ0n) is 20.5. The first-order valence-corrected chi connectivity index (χ1v) is 11.6. The third kappa shape index (κ3) is 5.09. The summed E-state index contributed by atoms with van der Waals surface area (Å²) in [6.45, 7) is 18.5. The van der Waals surface area contributed by atoms with Crippen molar-refractivity contribution in [2.24, 2.45) is 29.1 Å². The second kappa shape index (κ2) is 9.02. The molecule has 0 aromatic heterocycles. The number of aliphatic hydroxyl groups is 1. The van der Waals surface area contributed by atoms with Gasteiger partial charge >= 0.3 is 5.97 Å². The summed E-state index contributed by atoms with van der Waals surface area (Å²) in [7, 11) is 0. The number of hydrogen-bond donors (Lipinski definition) is 1. The molecule has 5 nitrogen and oxygen atoms in total. The van der Waals surface area contributed by atoms with Crippen LogP contribution in [0.15, 0.2) is 11.6 Å². The van der Waals surface area contributed by atoms with Crippen molar-refractivity contribution >= 4 is 11.9 Å². The highest BCUT2D eigenvalue weighted by molar-refractivity contribution is 5.81. The maximum absolute atomic E-state index is 13.0. The molecule has 1 N–H and O–H groups in total. The topological polar surface area (TPSA) is 66.8 Å². The molecule has 2 aliphatic rings. The molecular weight excluding hydrogens is 378 g/mol. The number of nitrogens with zero attached hydrogens (tertiary/aromatic N) is 1. The normalized spacial score (nSPS) is 32.8. The highest BCUT2D eigenvalue weighted by Crippen LogP contribution is 2.51. The Bertz CT molecular complexity index is 677. The average Bonchev–Trinajstić information content (AvgIpc) is 2.60. The second-order valence-electron chi connectivity index (χ2n) is 11.2. The molecule has 0 aromatic carbocycles. The van der Waals surface area contributed by atoms with Crippen LogP contribution in [0.3, 0.4) is 0 Å². The van der Waals surface area contributed by atoms with Crippen LogP contribution in [0.25, 0.3) is 0 Å². The number of esters is 1. The number of carbonyl (C=O) groups is 2. The van der Waals surface area contributed by atoms with Gasteiger partial charge in [0.25, 0.3) is 0 Å². The van der Waals surface area contributed by atoms with E-state index in [0.717, 1.165) is 18.4 Å². The third-order valence-electron chi connectivity index (χ3n) is 7.34. The van der Waals surface area contributed by atoms with E-state index in [-0.39, 0.29) is 47.7 Å². The first kappa shape index (κ1) is 24.9. The summed E-state index contributed by atoms with van der Waals surface area (Å²) in [5.41, 5.74) is -0.268. The highest BCUT2D eigenvalue weighted by atomic mass is 16.5. The summed E-state index contributed by atoms with van der Waals surface area (Å²) in [5.74, 6) is 0.573. The highest BCUT2D eigenvalue weighted by Gasteiger charge is 2.53. The van der Waals surface area contributed by atoms with Crippen molar-refractivity contribution in [3.05, 3.63) is 11.6 Å². The van der Waals surface area contributed by atoms with E-state index < -0.39 is 11.0 Å². The monoisotopic (exact) mass is 421 g/mol. The number of hydrogen-bond acceptors (Lipinski definition) is 4. The second-order valence-corrected chi connectivity index (χ2v) is 11.2. The Morgan fingerprint density at radius 1 is 1.27 bits per heavy atom. The standard InChI is InChI=1S/C25H43NO4/c1-15(2)26(23(28)24(7,8)9)14-17(4)20-11-10-18(5)25(29)13-22(30-19(6)27)16(3)12-21(20)25/h12,15,17-18,20-22,29H,10-11,13-14H2,1-9H3/t17?,18-,20+,21-,22-,25-/m1/s1. The lowest BCUT2D eigenvalue weighted by Gasteiger charge is -2.53. The molecule has 2 rings (SSSR count). The van der Waals surface area contributed by atoms with Gasteiger partial charge in [0.2, 0.25) is 5.91 Å². The number of rotatable bonds is 5. The molecule has 1 unspecified atom stereocenters. The SMILES string of the molecule is CC(=O)O[C@@H]1C[C@@]2(O)[C@H](C)CC[C@@H](C(C)CN(C(=O)C(C)(C)C)C(C)C)[C@H]2C=C1C. The van der Waals surface area contributed by atoms with Crippen LogP contribution >= 0.6 is 0 Å². The summed E-state index contributed by atoms with van der Waals surface area (Å²) in [6.07, 6.45) is 4.23. The zero-order valence-corrected chi connectivity index (χ0v) is 20.5. The van der Waals surface area contributed by atoms with E-state index in [1.807, 2.05) is 32.6 Å². The van der Waals surface area contributed by atoms with Gasteiger partial charge < -0.3 is 14.7 Å². The lowest BCUT2D eigenvalue weighted by Crippen LogP contribution is -2.56. The Morgan fingerprint density at radius 3 is 2.37 bits per heavy atom. The molecule has 6 atom stereocenters. The number of carbonyl (C=O) groups excluding carboxylic acids is 2. The molecule has 1 saturated carbocycles. The first-order valence-electron chi connectivity index (χ1n) is 11.6. The van der Waals surface area contributed by atoms with Crippen LogP contribution in [0.2, 0.25) is 0 Å². The molecular formula is C25H43NO4. The molecule has 5 heteroatoms. The first-order chi connectivity index (χ1) is 13.7. The van der Waals surface area contributed by atoms with Gasteiger partial charge in [-0.05, 0) is 56.9 Å². The molecule has 0 aromatic rings. The van der Waals surface area contributed by atoms with Crippen LogP contribution < -0.4 is 0 Å². The van der Waals surface area contributed by atoms with E-state index in [4.69, 9.17) is 4.74 Å². The van der Waals surface area contributed by atoms with Gasteiger partial charge in [-0.3, -0.25) is 9.59 Å². The summed E-state index contributed by atoms with van der Waals surface area (Å²) in [6, 6.07) is 0.137. The largest absolute Gasteiger partial charge is 0.458 e. The molecule has 1 amide bonds. The van der Waals surface area contributed by atoms with Crippen LogP contribution in [0.5, 0.6) is 0 Å². The van der Waals surface area contributed by atoms with Crippen molar-refractivity contribution in [3.8, 4) is 0 Å². The van der Waals surface area contributed by atoms with Crippen LogP contribution in [0, 0.1) is 29.1 Å². The lowest BCUT2D eigenvalue weighted by atomic mass is 9.57. The minimum absolute atomic E-state index is 0.0156. The van der Waals surface area contributed by atoms with E-state index in [0.29, 0.717) is 13.0 Å². The quantitative estimate of drug-likeness (QED) is 0.521. The van der Waals surface area contributed by atoms with Crippen LogP contribution in [-0.2, 0) is 14.3 Å². The molecule has 0 saturated heterocycles. The molecule has 1 fully saturated rings. The van der Waals surface area contributed by atoms with Crippen molar-refractivity contribution in [2.45, 2.75) is 99.3 Å². The molecule has 0 bridgehead atoms. The fourth-order valence-electron chi connectivity index (χ4n) is 5.40. The Hall–Kier alpha value is -1.36. The predicted molar refractivity (Wildman–Crippen MR) is 120 cm³/mol. The maximum Gasteiger partial charge on any atom is 0.303 e. The van der Waals surface area contributed by atoms with E-state index in [1.165, 1.54) is 6.92 Å². The Balaban J connectivity index is 2.30. The smallest absolute Gasteiger partial charge is 0.303 e. The lowest BCUT2D eigenvalue weighted by molar-refractivity contribution is -0.160. The maximum atomic E-state index is 13.0. The van der Waals surface area contributed by atoms with Gasteiger partial charge in [0, 0.05) is 37.3 Å². The predicted octanol–water partition coefficient (Wildman–Crippen LogP) is 4.58. The van der Waals surface area contributed by atoms with Crippen molar-refractivity contribution in [3.63, 3.8) is 0 Å². The Morgan fingerprint density at radius 2 is 1.87 bits per heavy atom. The van der Waals surface area contributed by atoms with Gasteiger partial charge in [-0.25, -0.2) is 0 Å². The van der Waals surface area contributed by atoms with Gasteiger partial charge in [-0.15, -0.1) is 0 Å². The van der Waals surface area contributed by atoms with E-state index in [2.05, 4.69) is 33.8 Å². The third-order valence-corrected chi connectivity index (χ3v) is 7.34. The molecule has 30 heavy (non-hydrogen) atoms. The summed E-state index contributed by atoms with van der Waals surface area (Å²) in [4.78, 5) is 26.6. The molecule has 172 valence electrons. The van der Waals surface area contributed by atoms with E-state index >= 15 is 0 Å². The average molecular weight is 422 g/mol. The minimum atomic E-state index is -0.881. The number of amides is 1. The van der Waals surface area contributed by atoms with Crippen LogP contribution in [0.4, 0.5) is 0 Å². The van der Waals surface area contributed by atoms with Crippen molar-refractivity contribution in [1.82, 2.24) is 4.90 Å². The zero-order chi connectivity index (χ0) is 23.0. The van der Waals surface area contributed by atoms with E-state index in [9.17, 15) is 14.7 Å². The van der Waals surface area contributed by atoms with Gasteiger partial charge in [0.15, 0.2) is 0 Å².